The van der Waals surface area contributed by atoms with Crippen molar-refractivity contribution in [2.45, 2.75) is 19.8 Å². The van der Waals surface area contributed by atoms with E-state index < -0.39 is 0 Å². The average molecular weight is 282 g/mol. The van der Waals surface area contributed by atoms with Gasteiger partial charge < -0.3 is 10.3 Å². The molecule has 0 amide bonds. The summed E-state index contributed by atoms with van der Waals surface area (Å²) in [6.45, 7) is 4.12. The Morgan fingerprint density at radius 3 is 2.71 bits per heavy atom. The fourth-order valence-corrected chi connectivity index (χ4v) is 2.21. The van der Waals surface area contributed by atoms with Crippen LogP contribution in [0.3, 0.4) is 0 Å². The summed E-state index contributed by atoms with van der Waals surface area (Å²) in [4.78, 5) is 10.5. The predicted molar refractivity (Wildman–Crippen MR) is 83.2 cm³/mol. The van der Waals surface area contributed by atoms with Gasteiger partial charge in [0.1, 0.15) is 18.0 Å². The van der Waals surface area contributed by atoms with Crippen LogP contribution in [-0.2, 0) is 0 Å². The zero-order chi connectivity index (χ0) is 15.4. The van der Waals surface area contributed by atoms with Gasteiger partial charge in [0.2, 0.25) is 0 Å². The maximum atomic E-state index is 9.02. The van der Waals surface area contributed by atoms with Crippen LogP contribution in [0.25, 0.3) is 0 Å². The van der Waals surface area contributed by atoms with Crippen molar-refractivity contribution in [3.05, 3.63) is 41.7 Å². The Morgan fingerprint density at radius 2 is 2.10 bits per heavy atom. The van der Waals surface area contributed by atoms with Gasteiger partial charge >= 0.3 is 0 Å². The number of nitriles is 1. The van der Waals surface area contributed by atoms with Crippen LogP contribution in [0, 0.1) is 11.3 Å². The van der Waals surface area contributed by atoms with Crippen molar-refractivity contribution in [2.75, 3.05) is 17.4 Å². The lowest BCUT2D eigenvalue weighted by atomic mass is 10.0. The van der Waals surface area contributed by atoms with E-state index in [1.165, 1.54) is 6.33 Å². The molecule has 6 heteroatoms. The number of nitrogens with two attached hydrogens (primary N) is 1. The van der Waals surface area contributed by atoms with Gasteiger partial charge in [0.25, 0.3) is 0 Å². The standard InChI is InChI=1S/C15H18N6/c1-10(2)13-14(20-17)18-9-19-15(13)21(3)12-6-4-5-11(7-12)8-16/h4-7,9-10H,17H2,1-3H3,(H,18,19,20). The molecule has 6 nitrogen and oxygen atoms in total. The Bertz CT molecular complexity index is 674. The van der Waals surface area contributed by atoms with Gasteiger partial charge in [0, 0.05) is 18.3 Å². The van der Waals surface area contributed by atoms with Crippen LogP contribution in [0.1, 0.15) is 30.9 Å². The maximum absolute atomic E-state index is 9.02. The number of hydrogen-bond acceptors (Lipinski definition) is 6. The summed E-state index contributed by atoms with van der Waals surface area (Å²) in [5.41, 5.74) is 5.05. The Hall–Kier alpha value is -2.65. The first-order valence-corrected chi connectivity index (χ1v) is 6.64. The van der Waals surface area contributed by atoms with Crippen molar-refractivity contribution in [1.29, 1.82) is 5.26 Å². The summed E-state index contributed by atoms with van der Waals surface area (Å²) in [6.07, 6.45) is 1.47. The molecule has 0 saturated heterocycles. The minimum Gasteiger partial charge on any atom is -0.329 e. The van der Waals surface area contributed by atoms with Gasteiger partial charge in [-0.25, -0.2) is 15.8 Å². The van der Waals surface area contributed by atoms with Crippen molar-refractivity contribution < 1.29 is 0 Å². The Balaban J connectivity index is 2.52. The second kappa shape index (κ2) is 6.20. The third kappa shape index (κ3) is 2.93. The number of nitrogen functional groups attached to an aromatic ring is 1. The monoisotopic (exact) mass is 282 g/mol. The largest absolute Gasteiger partial charge is 0.329 e. The molecule has 0 saturated carbocycles. The normalized spacial score (nSPS) is 10.3. The lowest BCUT2D eigenvalue weighted by Gasteiger charge is -2.24. The van der Waals surface area contributed by atoms with E-state index in [0.29, 0.717) is 11.4 Å². The summed E-state index contributed by atoms with van der Waals surface area (Å²) in [5.74, 6) is 7.12. The molecule has 1 aromatic heterocycles. The molecule has 0 unspecified atom stereocenters. The number of hydrazine groups is 1. The van der Waals surface area contributed by atoms with E-state index in [9.17, 15) is 0 Å². The lowest BCUT2D eigenvalue weighted by Crippen LogP contribution is -2.19. The number of benzene rings is 1. The molecule has 21 heavy (non-hydrogen) atoms. The van der Waals surface area contributed by atoms with E-state index in [4.69, 9.17) is 11.1 Å². The zero-order valence-corrected chi connectivity index (χ0v) is 12.3. The highest BCUT2D eigenvalue weighted by Crippen LogP contribution is 2.33. The maximum Gasteiger partial charge on any atom is 0.148 e. The van der Waals surface area contributed by atoms with E-state index in [1.807, 2.05) is 30.1 Å². The molecule has 0 atom stereocenters. The first kappa shape index (κ1) is 14.8. The van der Waals surface area contributed by atoms with Gasteiger partial charge in [0.15, 0.2) is 0 Å². The fourth-order valence-electron chi connectivity index (χ4n) is 2.21. The van der Waals surface area contributed by atoms with Gasteiger partial charge in [-0.2, -0.15) is 5.26 Å². The second-order valence-corrected chi connectivity index (χ2v) is 4.98. The number of rotatable bonds is 4. The first-order chi connectivity index (χ1) is 10.1. The van der Waals surface area contributed by atoms with E-state index >= 15 is 0 Å². The van der Waals surface area contributed by atoms with Gasteiger partial charge in [-0.3, -0.25) is 0 Å². The first-order valence-electron chi connectivity index (χ1n) is 6.64. The molecule has 0 aliphatic carbocycles. The molecule has 0 spiro atoms. The van der Waals surface area contributed by atoms with Crippen LogP contribution >= 0.6 is 0 Å². The predicted octanol–water partition coefficient (Wildman–Crippen LogP) is 2.53. The minimum absolute atomic E-state index is 0.203. The molecule has 2 aromatic rings. The Kier molecular flexibility index (Phi) is 4.36. The van der Waals surface area contributed by atoms with Crippen molar-refractivity contribution >= 4 is 17.3 Å². The highest BCUT2D eigenvalue weighted by Gasteiger charge is 2.18. The zero-order valence-electron chi connectivity index (χ0n) is 12.3. The van der Waals surface area contributed by atoms with E-state index in [1.54, 1.807) is 6.07 Å². The summed E-state index contributed by atoms with van der Waals surface area (Å²) < 4.78 is 0. The molecule has 108 valence electrons. The third-order valence-corrected chi connectivity index (χ3v) is 3.26. The third-order valence-electron chi connectivity index (χ3n) is 3.26. The van der Waals surface area contributed by atoms with Gasteiger partial charge in [-0.05, 0) is 24.1 Å². The molecule has 0 fully saturated rings. The van der Waals surface area contributed by atoms with Crippen LogP contribution in [0.5, 0.6) is 0 Å². The van der Waals surface area contributed by atoms with Crippen LogP contribution in [-0.4, -0.2) is 17.0 Å². The number of aromatic nitrogens is 2. The number of nitrogens with zero attached hydrogens (tertiary/aromatic N) is 4. The molecule has 1 aromatic carbocycles. The smallest absolute Gasteiger partial charge is 0.148 e. The van der Waals surface area contributed by atoms with Crippen LogP contribution < -0.4 is 16.2 Å². The van der Waals surface area contributed by atoms with Gasteiger partial charge in [0.05, 0.1) is 11.6 Å². The van der Waals surface area contributed by atoms with Gasteiger partial charge in [-0.15, -0.1) is 0 Å². The SMILES string of the molecule is CC(C)c1c(NN)ncnc1N(C)c1cccc(C#N)c1. The highest BCUT2D eigenvalue weighted by atomic mass is 15.3. The molecule has 2 rings (SSSR count). The fraction of sp³-hybridized carbons (Fsp3) is 0.267. The molecule has 0 radical (unpaired) electrons. The van der Waals surface area contributed by atoms with Crippen molar-refractivity contribution in [1.82, 2.24) is 9.97 Å². The molecule has 0 aliphatic heterocycles. The van der Waals surface area contributed by atoms with Crippen LogP contribution in [0.4, 0.5) is 17.3 Å². The highest BCUT2D eigenvalue weighted by molar-refractivity contribution is 5.68. The number of nitrogens with one attached hydrogen (secondary N) is 1. The Morgan fingerprint density at radius 1 is 1.33 bits per heavy atom. The lowest BCUT2D eigenvalue weighted by molar-refractivity contribution is 0.839. The summed E-state index contributed by atoms with van der Waals surface area (Å²) in [5, 5.41) is 9.02. The summed E-state index contributed by atoms with van der Waals surface area (Å²) in [7, 11) is 1.91. The molecular weight excluding hydrogens is 264 g/mol. The average Bonchev–Trinajstić information content (AvgIpc) is 2.53. The molecular formula is C15H18N6. The van der Waals surface area contributed by atoms with Gasteiger partial charge in [-0.1, -0.05) is 19.9 Å². The Labute approximate surface area is 124 Å². The van der Waals surface area contributed by atoms with E-state index in [2.05, 4.69) is 35.3 Å². The minimum atomic E-state index is 0.203. The molecule has 3 N–H and O–H groups in total. The molecule has 0 aliphatic rings. The topological polar surface area (TPSA) is 90.9 Å². The summed E-state index contributed by atoms with van der Waals surface area (Å²) >= 11 is 0. The number of anilines is 3. The van der Waals surface area contributed by atoms with Crippen LogP contribution in [0.2, 0.25) is 0 Å². The van der Waals surface area contributed by atoms with Crippen molar-refractivity contribution in [3.8, 4) is 6.07 Å². The quantitative estimate of drug-likeness (QED) is 0.661. The van der Waals surface area contributed by atoms with E-state index in [0.717, 1.165) is 17.1 Å². The van der Waals surface area contributed by atoms with E-state index in [-0.39, 0.29) is 5.92 Å². The van der Waals surface area contributed by atoms with Crippen molar-refractivity contribution in [3.63, 3.8) is 0 Å². The molecule has 1 heterocycles. The van der Waals surface area contributed by atoms with Crippen LogP contribution in [0.15, 0.2) is 30.6 Å². The molecule has 0 bridgehead atoms. The summed E-state index contributed by atoms with van der Waals surface area (Å²) in [6, 6.07) is 9.52. The number of hydrogen-bond donors (Lipinski definition) is 2. The van der Waals surface area contributed by atoms with Crippen molar-refractivity contribution in [2.24, 2.45) is 5.84 Å². The second-order valence-electron chi connectivity index (χ2n) is 4.98.